The molecule has 5 heteroatoms. The summed E-state index contributed by atoms with van der Waals surface area (Å²) in [4.78, 5) is 27.8. The highest BCUT2D eigenvalue weighted by atomic mass is 16.5. The first-order valence-electron chi connectivity index (χ1n) is 11.0. The van der Waals surface area contributed by atoms with Gasteiger partial charge >= 0.3 is 5.97 Å². The zero-order chi connectivity index (χ0) is 23.5. The molecule has 2 aromatic carbocycles. The molecule has 1 amide bonds. The van der Waals surface area contributed by atoms with Crippen LogP contribution in [-0.4, -0.2) is 35.0 Å². The topological polar surface area (TPSA) is 51.5 Å². The normalized spacial score (nSPS) is 15.0. The van der Waals surface area contributed by atoms with Gasteiger partial charge in [-0.2, -0.15) is 0 Å². The number of allylic oxidation sites excluding steroid dienone is 1. The minimum Gasteiger partial charge on any atom is -0.465 e. The molecule has 0 unspecified atom stereocenters. The second-order valence-corrected chi connectivity index (χ2v) is 8.20. The van der Waals surface area contributed by atoms with Crippen molar-refractivity contribution in [1.29, 1.82) is 0 Å². The molecule has 168 valence electrons. The molecule has 0 bridgehead atoms. The van der Waals surface area contributed by atoms with Crippen LogP contribution in [0, 0.1) is 13.8 Å². The van der Waals surface area contributed by atoms with Gasteiger partial charge in [-0.15, -0.1) is 0 Å². The molecule has 2 heterocycles. The van der Waals surface area contributed by atoms with E-state index in [9.17, 15) is 9.59 Å². The predicted octanol–water partition coefficient (Wildman–Crippen LogP) is 5.01. The first kappa shape index (κ1) is 22.3. The molecule has 33 heavy (non-hydrogen) atoms. The van der Waals surface area contributed by atoms with Crippen molar-refractivity contribution in [2.24, 2.45) is 0 Å². The van der Waals surface area contributed by atoms with E-state index in [4.69, 9.17) is 4.74 Å². The number of nitrogens with zero attached hydrogens (tertiary/aromatic N) is 2. The highest BCUT2D eigenvalue weighted by Gasteiger charge is 2.37. The Hall–Kier alpha value is -3.86. The molecule has 0 saturated heterocycles. The molecule has 0 N–H and O–H groups in total. The lowest BCUT2D eigenvalue weighted by atomic mass is 10.0. The van der Waals surface area contributed by atoms with Gasteiger partial charge < -0.3 is 14.2 Å². The van der Waals surface area contributed by atoms with Crippen molar-refractivity contribution >= 4 is 18.0 Å². The van der Waals surface area contributed by atoms with E-state index < -0.39 is 5.97 Å². The maximum atomic E-state index is 13.4. The molecule has 0 spiro atoms. The first-order chi connectivity index (χ1) is 15.9. The van der Waals surface area contributed by atoms with Crippen LogP contribution in [0.4, 0.5) is 0 Å². The summed E-state index contributed by atoms with van der Waals surface area (Å²) in [7, 11) is 1.35. The Labute approximate surface area is 194 Å². The van der Waals surface area contributed by atoms with Gasteiger partial charge in [0.2, 0.25) is 0 Å². The Morgan fingerprint density at radius 2 is 1.61 bits per heavy atom. The van der Waals surface area contributed by atoms with Crippen LogP contribution in [0.3, 0.4) is 0 Å². The lowest BCUT2D eigenvalue weighted by Gasteiger charge is -2.17. The largest absolute Gasteiger partial charge is 0.465 e. The molecule has 1 aromatic heterocycles. The summed E-state index contributed by atoms with van der Waals surface area (Å²) >= 11 is 0. The second-order valence-electron chi connectivity index (χ2n) is 8.20. The van der Waals surface area contributed by atoms with Crippen molar-refractivity contribution in [1.82, 2.24) is 9.47 Å². The lowest BCUT2D eigenvalue weighted by molar-refractivity contribution is -0.136. The SMILES string of the molecule is COC(=O)C1=C(C)N(CCc2ccccc2)C(=O)C1=Cc1cc(C)n(-c2ccccc2)c1C. The Morgan fingerprint density at radius 1 is 0.970 bits per heavy atom. The fourth-order valence-corrected chi connectivity index (χ4v) is 4.45. The van der Waals surface area contributed by atoms with E-state index in [0.29, 0.717) is 29.8 Å². The fourth-order valence-electron chi connectivity index (χ4n) is 4.45. The summed E-state index contributed by atoms with van der Waals surface area (Å²) in [6.45, 7) is 6.36. The second kappa shape index (κ2) is 9.33. The van der Waals surface area contributed by atoms with Crippen LogP contribution in [-0.2, 0) is 20.7 Å². The third-order valence-corrected chi connectivity index (χ3v) is 6.15. The highest BCUT2D eigenvalue weighted by Crippen LogP contribution is 2.33. The van der Waals surface area contributed by atoms with E-state index in [1.807, 2.05) is 93.6 Å². The van der Waals surface area contributed by atoms with Gasteiger partial charge in [-0.1, -0.05) is 48.5 Å². The number of benzene rings is 2. The number of hydrogen-bond donors (Lipinski definition) is 0. The third-order valence-electron chi connectivity index (χ3n) is 6.15. The monoisotopic (exact) mass is 440 g/mol. The minimum absolute atomic E-state index is 0.173. The van der Waals surface area contributed by atoms with Gasteiger partial charge in [-0.3, -0.25) is 4.79 Å². The van der Waals surface area contributed by atoms with Crippen LogP contribution in [0.15, 0.2) is 83.6 Å². The van der Waals surface area contributed by atoms with Gasteiger partial charge in [0.1, 0.15) is 0 Å². The summed E-state index contributed by atoms with van der Waals surface area (Å²) in [6, 6.07) is 22.1. The third kappa shape index (κ3) is 4.27. The van der Waals surface area contributed by atoms with Gasteiger partial charge in [-0.25, -0.2) is 4.79 Å². The zero-order valence-corrected chi connectivity index (χ0v) is 19.5. The molecular formula is C28H28N2O3. The molecule has 0 saturated carbocycles. The molecular weight excluding hydrogens is 412 g/mol. The van der Waals surface area contributed by atoms with Crippen LogP contribution >= 0.6 is 0 Å². The molecule has 0 aliphatic carbocycles. The molecule has 1 aliphatic rings. The molecule has 0 fully saturated rings. The number of methoxy groups -OCH3 is 1. The molecule has 0 atom stereocenters. The minimum atomic E-state index is -0.494. The number of amides is 1. The smallest absolute Gasteiger partial charge is 0.340 e. The van der Waals surface area contributed by atoms with Gasteiger partial charge in [0.05, 0.1) is 18.3 Å². The van der Waals surface area contributed by atoms with E-state index in [1.54, 1.807) is 4.90 Å². The standard InChI is InChI=1S/C28H28N2O3/c1-19-17-23(20(2)30(19)24-13-9-6-10-14-24)18-25-26(28(32)33-4)21(3)29(27(25)31)16-15-22-11-7-5-8-12-22/h5-14,17-18H,15-16H2,1-4H3. The van der Waals surface area contributed by atoms with Crippen molar-refractivity contribution in [3.8, 4) is 5.69 Å². The van der Waals surface area contributed by atoms with Crippen LogP contribution in [0.2, 0.25) is 0 Å². The number of carbonyl (C=O) groups is 2. The van der Waals surface area contributed by atoms with Crippen molar-refractivity contribution in [3.63, 3.8) is 0 Å². The summed E-state index contributed by atoms with van der Waals surface area (Å²) in [6.07, 6.45) is 2.52. The number of aromatic nitrogens is 1. The van der Waals surface area contributed by atoms with Crippen molar-refractivity contribution in [2.75, 3.05) is 13.7 Å². The van der Waals surface area contributed by atoms with Crippen molar-refractivity contribution in [3.05, 3.63) is 106 Å². The highest BCUT2D eigenvalue weighted by molar-refractivity contribution is 6.16. The summed E-state index contributed by atoms with van der Waals surface area (Å²) in [5, 5.41) is 0. The fraction of sp³-hybridized carbons (Fsp3) is 0.214. The number of carbonyl (C=O) groups excluding carboxylic acids is 2. The zero-order valence-electron chi connectivity index (χ0n) is 19.5. The van der Waals surface area contributed by atoms with E-state index in [1.165, 1.54) is 7.11 Å². The lowest BCUT2D eigenvalue weighted by Crippen LogP contribution is -2.27. The van der Waals surface area contributed by atoms with Crippen LogP contribution < -0.4 is 0 Å². The Morgan fingerprint density at radius 3 is 2.24 bits per heavy atom. The van der Waals surface area contributed by atoms with Crippen molar-refractivity contribution < 1.29 is 14.3 Å². The molecule has 0 radical (unpaired) electrons. The van der Waals surface area contributed by atoms with E-state index in [2.05, 4.69) is 4.57 Å². The average Bonchev–Trinajstić information content (AvgIpc) is 3.24. The van der Waals surface area contributed by atoms with Gasteiger partial charge in [0.15, 0.2) is 0 Å². The van der Waals surface area contributed by atoms with Gasteiger partial charge in [-0.05, 0) is 62.6 Å². The summed E-state index contributed by atoms with van der Waals surface area (Å²) in [5.41, 5.74) is 6.49. The Balaban J connectivity index is 1.72. The molecule has 1 aliphatic heterocycles. The van der Waals surface area contributed by atoms with Crippen LogP contribution in [0.5, 0.6) is 0 Å². The number of aryl methyl sites for hydroxylation is 1. The number of esters is 1. The maximum absolute atomic E-state index is 13.4. The Bertz CT molecular complexity index is 1250. The van der Waals surface area contributed by atoms with Crippen LogP contribution in [0.25, 0.3) is 11.8 Å². The number of ether oxygens (including phenoxy) is 1. The quantitative estimate of drug-likeness (QED) is 0.400. The van der Waals surface area contributed by atoms with Crippen molar-refractivity contribution in [2.45, 2.75) is 27.2 Å². The molecule has 4 rings (SSSR count). The first-order valence-corrected chi connectivity index (χ1v) is 11.0. The van der Waals surface area contributed by atoms with E-state index >= 15 is 0 Å². The van der Waals surface area contributed by atoms with E-state index in [0.717, 1.165) is 28.2 Å². The van der Waals surface area contributed by atoms with Gasteiger partial charge in [0.25, 0.3) is 5.91 Å². The Kier molecular flexibility index (Phi) is 6.31. The number of rotatable bonds is 6. The van der Waals surface area contributed by atoms with Gasteiger partial charge in [0, 0.05) is 29.3 Å². The molecule has 5 nitrogen and oxygen atoms in total. The number of hydrogen-bond acceptors (Lipinski definition) is 3. The average molecular weight is 441 g/mol. The number of para-hydroxylation sites is 1. The summed E-state index contributed by atoms with van der Waals surface area (Å²) < 4.78 is 7.18. The van der Waals surface area contributed by atoms with E-state index in [-0.39, 0.29) is 5.91 Å². The predicted molar refractivity (Wildman–Crippen MR) is 130 cm³/mol. The maximum Gasteiger partial charge on any atom is 0.340 e. The molecule has 3 aromatic rings. The summed E-state index contributed by atoms with van der Waals surface area (Å²) in [5.74, 6) is -0.667. The van der Waals surface area contributed by atoms with Crippen LogP contribution in [0.1, 0.15) is 29.4 Å².